The molecule has 1 aliphatic heterocycles. The van der Waals surface area contributed by atoms with E-state index in [-0.39, 0.29) is 18.3 Å². The summed E-state index contributed by atoms with van der Waals surface area (Å²) >= 11 is 0. The number of rotatable bonds is 5. The van der Waals surface area contributed by atoms with E-state index in [2.05, 4.69) is 15.0 Å². The van der Waals surface area contributed by atoms with Crippen LogP contribution in [0.25, 0.3) is 17.4 Å². The Hall–Kier alpha value is -2.03. The average molecular weight is 331 g/mol. The number of nitrogens with zero attached hydrogens (tertiary/aromatic N) is 4. The maximum Gasteiger partial charge on any atom is 0.169 e. The van der Waals surface area contributed by atoms with Crippen LogP contribution in [0.1, 0.15) is 25.7 Å². The summed E-state index contributed by atoms with van der Waals surface area (Å²) in [6, 6.07) is 0. The second-order valence-electron chi connectivity index (χ2n) is 6.46. The molecule has 1 saturated carbocycles. The van der Waals surface area contributed by atoms with E-state index in [1.54, 1.807) is 6.33 Å². The number of imidazole rings is 1. The van der Waals surface area contributed by atoms with E-state index in [0.717, 1.165) is 37.9 Å². The topological polar surface area (TPSA) is 108 Å². The largest absolute Gasteiger partial charge is 0.395 e. The lowest BCUT2D eigenvalue weighted by molar-refractivity contribution is -0.172. The van der Waals surface area contributed by atoms with Crippen molar-refractivity contribution in [3.63, 3.8) is 0 Å². The van der Waals surface area contributed by atoms with Crippen molar-refractivity contribution in [2.75, 3.05) is 25.6 Å². The SMILES string of the molecule is Nc1ncnc2c1ncn2/C=C1/CC1(CO)COC1CCCCO1. The van der Waals surface area contributed by atoms with Crippen molar-refractivity contribution < 1.29 is 14.6 Å². The first-order valence-electron chi connectivity index (χ1n) is 8.20. The Kier molecular flexibility index (Phi) is 3.95. The van der Waals surface area contributed by atoms with Crippen LogP contribution in [0.4, 0.5) is 5.82 Å². The minimum Gasteiger partial charge on any atom is -0.395 e. The van der Waals surface area contributed by atoms with Gasteiger partial charge in [0.2, 0.25) is 0 Å². The molecule has 24 heavy (non-hydrogen) atoms. The van der Waals surface area contributed by atoms with Crippen molar-refractivity contribution in [1.29, 1.82) is 0 Å². The molecule has 3 heterocycles. The lowest BCUT2D eigenvalue weighted by atomic mass is 10.1. The zero-order valence-corrected chi connectivity index (χ0v) is 13.4. The number of hydrogen-bond donors (Lipinski definition) is 2. The molecule has 4 rings (SSSR count). The minimum absolute atomic E-state index is 0.0509. The zero-order valence-electron chi connectivity index (χ0n) is 13.4. The van der Waals surface area contributed by atoms with E-state index in [1.165, 1.54) is 6.33 Å². The quantitative estimate of drug-likeness (QED) is 0.846. The summed E-state index contributed by atoms with van der Waals surface area (Å²) < 4.78 is 13.3. The number of aliphatic hydroxyl groups excluding tert-OH is 1. The lowest BCUT2D eigenvalue weighted by Crippen LogP contribution is -2.27. The van der Waals surface area contributed by atoms with Gasteiger partial charge in [-0.3, -0.25) is 4.57 Å². The first-order chi connectivity index (χ1) is 11.7. The van der Waals surface area contributed by atoms with Gasteiger partial charge in [-0.25, -0.2) is 15.0 Å². The summed E-state index contributed by atoms with van der Waals surface area (Å²) in [5, 5.41) is 9.81. The van der Waals surface area contributed by atoms with Gasteiger partial charge in [-0.05, 0) is 31.3 Å². The van der Waals surface area contributed by atoms with Gasteiger partial charge in [0.25, 0.3) is 0 Å². The van der Waals surface area contributed by atoms with Crippen LogP contribution in [0.2, 0.25) is 0 Å². The molecule has 0 aromatic carbocycles. The molecule has 8 heteroatoms. The van der Waals surface area contributed by atoms with Gasteiger partial charge in [-0.15, -0.1) is 0 Å². The zero-order chi connectivity index (χ0) is 16.6. The van der Waals surface area contributed by atoms with Gasteiger partial charge >= 0.3 is 0 Å². The minimum atomic E-state index is -0.323. The van der Waals surface area contributed by atoms with Crippen LogP contribution >= 0.6 is 0 Å². The second-order valence-corrected chi connectivity index (χ2v) is 6.46. The highest BCUT2D eigenvalue weighted by Crippen LogP contribution is 2.52. The third kappa shape index (κ3) is 2.77. The van der Waals surface area contributed by atoms with Crippen LogP contribution in [-0.2, 0) is 9.47 Å². The average Bonchev–Trinajstić information content (AvgIpc) is 3.15. The summed E-state index contributed by atoms with van der Waals surface area (Å²) in [6.07, 6.45) is 8.81. The Labute approximate surface area is 139 Å². The summed E-state index contributed by atoms with van der Waals surface area (Å²) in [7, 11) is 0. The maximum absolute atomic E-state index is 9.81. The van der Waals surface area contributed by atoms with Crippen molar-refractivity contribution in [2.45, 2.75) is 32.0 Å². The molecule has 0 spiro atoms. The fourth-order valence-corrected chi connectivity index (χ4v) is 3.08. The molecule has 2 aliphatic rings. The smallest absolute Gasteiger partial charge is 0.169 e. The fourth-order valence-electron chi connectivity index (χ4n) is 3.08. The molecule has 0 amide bonds. The van der Waals surface area contributed by atoms with Crippen molar-refractivity contribution in [3.05, 3.63) is 18.2 Å². The number of nitrogens with two attached hydrogens (primary N) is 1. The van der Waals surface area contributed by atoms with Crippen LogP contribution < -0.4 is 5.73 Å². The van der Waals surface area contributed by atoms with E-state index in [4.69, 9.17) is 15.2 Å². The second kappa shape index (κ2) is 6.12. The molecule has 1 aliphatic carbocycles. The van der Waals surface area contributed by atoms with E-state index in [9.17, 15) is 5.11 Å². The first-order valence-corrected chi connectivity index (χ1v) is 8.20. The molecule has 128 valence electrons. The van der Waals surface area contributed by atoms with Crippen molar-refractivity contribution in [3.8, 4) is 0 Å². The number of nitrogen functional groups attached to an aromatic ring is 1. The summed E-state index contributed by atoms with van der Waals surface area (Å²) in [4.78, 5) is 12.4. The molecule has 0 bridgehead atoms. The van der Waals surface area contributed by atoms with Crippen molar-refractivity contribution in [2.24, 2.45) is 5.41 Å². The molecule has 2 unspecified atom stereocenters. The number of aliphatic hydroxyl groups is 1. The Morgan fingerprint density at radius 3 is 3.12 bits per heavy atom. The fraction of sp³-hybridized carbons (Fsp3) is 0.562. The van der Waals surface area contributed by atoms with Gasteiger partial charge in [0.05, 0.1) is 13.2 Å². The first kappa shape index (κ1) is 15.5. The van der Waals surface area contributed by atoms with Crippen LogP contribution in [0.5, 0.6) is 0 Å². The number of fused-ring (bicyclic) bond motifs is 1. The van der Waals surface area contributed by atoms with Gasteiger partial charge in [0.1, 0.15) is 12.7 Å². The molecule has 0 radical (unpaired) electrons. The molecule has 3 N–H and O–H groups in total. The van der Waals surface area contributed by atoms with E-state index in [1.807, 2.05) is 10.8 Å². The summed E-state index contributed by atoms with van der Waals surface area (Å²) in [6.45, 7) is 1.26. The molecule has 2 aromatic rings. The molecule has 2 aromatic heterocycles. The molecular formula is C16H21N5O3. The highest BCUT2D eigenvalue weighted by atomic mass is 16.7. The third-order valence-corrected chi connectivity index (χ3v) is 4.75. The number of hydrogen-bond acceptors (Lipinski definition) is 7. The number of anilines is 1. The highest BCUT2D eigenvalue weighted by molar-refractivity contribution is 5.82. The molecule has 8 nitrogen and oxygen atoms in total. The number of aromatic nitrogens is 4. The normalized spacial score (nSPS) is 28.5. The van der Waals surface area contributed by atoms with Crippen molar-refractivity contribution >= 4 is 23.2 Å². The van der Waals surface area contributed by atoms with E-state index >= 15 is 0 Å². The Morgan fingerprint density at radius 2 is 2.33 bits per heavy atom. The third-order valence-electron chi connectivity index (χ3n) is 4.75. The van der Waals surface area contributed by atoms with Crippen LogP contribution in [0, 0.1) is 5.41 Å². The van der Waals surface area contributed by atoms with Crippen LogP contribution in [0.3, 0.4) is 0 Å². The van der Waals surface area contributed by atoms with Gasteiger partial charge in [-0.2, -0.15) is 0 Å². The Balaban J connectivity index is 1.49. The predicted octanol–water partition coefficient (Wildman–Crippen LogP) is 1.17. The Bertz CT molecular complexity index is 768. The van der Waals surface area contributed by atoms with Gasteiger partial charge < -0.3 is 20.3 Å². The summed E-state index contributed by atoms with van der Waals surface area (Å²) in [5.41, 5.74) is 7.83. The van der Waals surface area contributed by atoms with E-state index < -0.39 is 0 Å². The van der Waals surface area contributed by atoms with E-state index in [0.29, 0.717) is 23.6 Å². The standard InChI is InChI=1S/C16H21N5O3/c17-14-13-15(19-9-18-14)21(10-20-13)6-11-5-16(11,7-22)8-24-12-3-1-2-4-23-12/h6,9-10,12,22H,1-5,7-8H2,(H2,17,18,19)/b11-6-. The molecule has 2 fully saturated rings. The monoisotopic (exact) mass is 331 g/mol. The molecular weight excluding hydrogens is 310 g/mol. The van der Waals surface area contributed by atoms with Gasteiger partial charge in [-0.1, -0.05) is 0 Å². The van der Waals surface area contributed by atoms with Crippen LogP contribution in [-0.4, -0.2) is 50.7 Å². The van der Waals surface area contributed by atoms with Crippen molar-refractivity contribution in [1.82, 2.24) is 19.5 Å². The Morgan fingerprint density at radius 1 is 1.42 bits per heavy atom. The van der Waals surface area contributed by atoms with Gasteiger partial charge in [0, 0.05) is 18.2 Å². The van der Waals surface area contributed by atoms with Gasteiger partial charge in [0.15, 0.2) is 23.3 Å². The molecule has 1 saturated heterocycles. The molecule has 2 atom stereocenters. The number of ether oxygens (including phenoxy) is 2. The lowest BCUT2D eigenvalue weighted by Gasteiger charge is -2.24. The highest BCUT2D eigenvalue weighted by Gasteiger charge is 2.49. The predicted molar refractivity (Wildman–Crippen MR) is 87.7 cm³/mol. The summed E-state index contributed by atoms with van der Waals surface area (Å²) in [5.74, 6) is 0.360. The maximum atomic E-state index is 9.81. The van der Waals surface area contributed by atoms with Crippen LogP contribution in [0.15, 0.2) is 18.2 Å².